The number of aryl methyl sites for hydroxylation is 1. The molecule has 2 aliphatic heterocycles. The number of carbonyl (C=O) groups is 3. The molecule has 9 aromatic rings. The number of amides is 2. The molecule has 2 amide bonds. The van der Waals surface area contributed by atoms with Crippen molar-refractivity contribution in [2.24, 2.45) is 0 Å². The van der Waals surface area contributed by atoms with Crippen molar-refractivity contribution in [1.29, 1.82) is 5.26 Å². The molecule has 4 aromatic heterocycles. The zero-order chi connectivity index (χ0) is 69.1. The Labute approximate surface area is 561 Å². The number of aromatic nitrogens is 7. The predicted octanol–water partition coefficient (Wildman–Crippen LogP) is 6.61. The van der Waals surface area contributed by atoms with Crippen LogP contribution < -0.4 is 41.7 Å². The van der Waals surface area contributed by atoms with Crippen molar-refractivity contribution in [3.05, 3.63) is 205 Å². The van der Waals surface area contributed by atoms with E-state index in [0.717, 1.165) is 16.7 Å². The molecule has 29 nitrogen and oxygen atoms in total. The highest BCUT2D eigenvalue weighted by molar-refractivity contribution is 7.91. The van der Waals surface area contributed by atoms with Crippen LogP contribution in [0.5, 0.6) is 17.2 Å². The van der Waals surface area contributed by atoms with Crippen molar-refractivity contribution in [2.75, 3.05) is 65.4 Å². The number of hydrogen-bond acceptors (Lipinski definition) is 22. The molecule has 98 heavy (non-hydrogen) atoms. The molecule has 5 N–H and O–H groups in total. The van der Waals surface area contributed by atoms with Gasteiger partial charge in [0.15, 0.2) is 21.0 Å². The van der Waals surface area contributed by atoms with E-state index in [4.69, 9.17) is 46.7 Å². The Balaban J connectivity index is 0.738. The molecule has 2 aliphatic rings. The number of aliphatic hydroxyl groups is 1. The molecule has 2 fully saturated rings. The monoisotopic (exact) mass is 1380 g/mol. The number of aliphatic hydroxyl groups excluding tert-OH is 1. The quantitative estimate of drug-likeness (QED) is 0.0187. The fraction of sp³-hybridized carbons (Fsp3) is 0.328. The van der Waals surface area contributed by atoms with Crippen molar-refractivity contribution < 1.29 is 74.6 Å². The molecule has 0 radical (unpaired) electrons. The van der Waals surface area contributed by atoms with Gasteiger partial charge in [0.2, 0.25) is 17.8 Å². The summed E-state index contributed by atoms with van der Waals surface area (Å²) in [6.45, 7) is 0.358. The Morgan fingerprint density at radius 3 is 2.08 bits per heavy atom. The van der Waals surface area contributed by atoms with Crippen LogP contribution in [0.25, 0.3) is 22.1 Å². The average molecular weight is 1380 g/mol. The van der Waals surface area contributed by atoms with Gasteiger partial charge in [0.1, 0.15) is 54.1 Å². The van der Waals surface area contributed by atoms with Crippen molar-refractivity contribution in [2.45, 2.75) is 86.4 Å². The summed E-state index contributed by atoms with van der Waals surface area (Å²) < 4.78 is 90.6. The number of benzene rings is 5. The first-order valence-corrected chi connectivity index (χ1v) is 33.7. The van der Waals surface area contributed by atoms with Crippen LogP contribution in [0.2, 0.25) is 0 Å². The summed E-state index contributed by atoms with van der Waals surface area (Å²) >= 11 is 0. The summed E-state index contributed by atoms with van der Waals surface area (Å²) in [6, 6.07) is 39.1. The first-order chi connectivity index (χ1) is 47.4. The molecule has 512 valence electrons. The lowest BCUT2D eigenvalue weighted by Crippen LogP contribution is -2.38. The number of H-pyrrole nitrogens is 2. The van der Waals surface area contributed by atoms with Gasteiger partial charge in [-0.05, 0) is 83.8 Å². The van der Waals surface area contributed by atoms with Crippen LogP contribution in [0, 0.1) is 18.3 Å². The number of para-hydroxylation sites is 1. The topological polar surface area (TPSA) is 369 Å². The third-order valence-corrected chi connectivity index (χ3v) is 19.4. The second-order valence-electron chi connectivity index (χ2n) is 22.7. The van der Waals surface area contributed by atoms with Crippen molar-refractivity contribution >= 4 is 64.4 Å². The highest BCUT2D eigenvalue weighted by atomic mass is 32.2. The van der Waals surface area contributed by atoms with Gasteiger partial charge in [0.05, 0.1) is 94.8 Å². The minimum atomic E-state index is -3.79. The number of nitrogens with one attached hydrogen (secondary N) is 4. The predicted molar refractivity (Wildman–Crippen MR) is 353 cm³/mol. The summed E-state index contributed by atoms with van der Waals surface area (Å²) in [5, 5.41) is 26.9. The number of anilines is 1. The van der Waals surface area contributed by atoms with E-state index in [1.54, 1.807) is 45.4 Å². The van der Waals surface area contributed by atoms with Gasteiger partial charge in [-0.2, -0.15) is 10.2 Å². The SMILES string of the molecule is COc1ccc(C(OC[C@H]2O[C@@H](n3cc(C)c(=O)[nH]c3=O)C[C@H]2OP(OCCC#N)OC[C@H]2OC(n3cnc4c(=O)[nH]c(NC(=O)CCNC(=O)Cc5cn(C(=O)OCCS(=O)(=O)c6ccc(OC)cc6)c6ccccc56)nc43)C[C@H]2O)(c2ccccc2)c2ccc(OC)cc2)cc1. The number of aromatic amines is 2. The zero-order valence-corrected chi connectivity index (χ0v) is 55.1. The van der Waals surface area contributed by atoms with Crippen LogP contribution in [0.4, 0.5) is 10.7 Å². The van der Waals surface area contributed by atoms with E-state index in [0.29, 0.717) is 33.7 Å². The lowest BCUT2D eigenvalue weighted by atomic mass is 9.80. The number of carbonyl (C=O) groups excluding carboxylic acids is 3. The number of hydrogen-bond donors (Lipinski definition) is 5. The first kappa shape index (κ1) is 69.4. The van der Waals surface area contributed by atoms with Crippen LogP contribution in [-0.4, -0.2) is 150 Å². The van der Waals surface area contributed by atoms with E-state index >= 15 is 0 Å². The number of methoxy groups -OCH3 is 3. The summed E-state index contributed by atoms with van der Waals surface area (Å²) in [5.74, 6) is -0.134. The second-order valence-corrected chi connectivity index (χ2v) is 26.0. The van der Waals surface area contributed by atoms with Gasteiger partial charge < -0.3 is 57.2 Å². The van der Waals surface area contributed by atoms with Gasteiger partial charge in [-0.3, -0.25) is 48.2 Å². The largest absolute Gasteiger partial charge is 0.497 e. The Bertz CT molecular complexity index is 4610. The summed E-state index contributed by atoms with van der Waals surface area (Å²) in [7, 11) is -1.59. The molecule has 7 atom stereocenters. The number of fused-ring (bicyclic) bond motifs is 2. The Morgan fingerprint density at radius 1 is 0.755 bits per heavy atom. The zero-order valence-electron chi connectivity index (χ0n) is 53.4. The molecule has 2 saturated heterocycles. The highest BCUT2D eigenvalue weighted by Crippen LogP contribution is 2.48. The third-order valence-electron chi connectivity index (χ3n) is 16.5. The normalized spacial score (nSPS) is 18.1. The van der Waals surface area contributed by atoms with E-state index in [2.05, 4.69) is 30.6 Å². The van der Waals surface area contributed by atoms with E-state index in [1.165, 1.54) is 63.8 Å². The van der Waals surface area contributed by atoms with Crippen LogP contribution in [0.15, 0.2) is 165 Å². The van der Waals surface area contributed by atoms with E-state index in [9.17, 15) is 47.6 Å². The maximum atomic E-state index is 13.5. The Hall–Kier alpha value is -9.93. The maximum absolute atomic E-state index is 13.5. The second kappa shape index (κ2) is 31.1. The van der Waals surface area contributed by atoms with Gasteiger partial charge in [-0.1, -0.05) is 72.8 Å². The fourth-order valence-corrected chi connectivity index (χ4v) is 13.7. The highest BCUT2D eigenvalue weighted by Gasteiger charge is 2.45. The average Bonchev–Trinajstić information content (AvgIpc) is 1.27. The molecule has 0 saturated carbocycles. The van der Waals surface area contributed by atoms with Crippen molar-refractivity contribution in [3.63, 3.8) is 0 Å². The van der Waals surface area contributed by atoms with Crippen LogP contribution in [-0.2, 0) is 64.0 Å². The van der Waals surface area contributed by atoms with Gasteiger partial charge in [-0.25, -0.2) is 23.0 Å². The molecule has 0 aliphatic carbocycles. The van der Waals surface area contributed by atoms with Crippen LogP contribution in [0.3, 0.4) is 0 Å². The van der Waals surface area contributed by atoms with Crippen molar-refractivity contribution in [3.8, 4) is 23.3 Å². The standard InChI is InChI=1S/C67H69N10O19PS/c1-41-36-76(65(83)74-62(41)81)59-35-53(55(95-59)38-91-67(43-11-6-5-7-12-43,44-15-19-46(87-2)20-16-44)45-17-21-47(88-3)22-18-45)96-97(92-30-10-28-68)93-39-54-52(78)34-58(94-54)77-40-70-60-61(77)72-64(73-63(60)82)71-56(79)27-29-69-57(80)33-42-37-75(51-14-9-8-13-50(42)51)66(84)90-31-32-98(85,86)49-25-23-48(89-4)24-26-49/h5-9,11-26,36-37,40,52-55,58-59,78H,10,27,29-35,38-39H2,1-4H3,(H,69,80)(H,74,81,83)(H2,71,72,73,79,82)/t52-,53-,54-,55-,58?,59-,97?/m1/s1. The van der Waals surface area contributed by atoms with Gasteiger partial charge in [-0.15, -0.1) is 0 Å². The summed E-state index contributed by atoms with van der Waals surface area (Å²) in [4.78, 5) is 92.8. The number of imidazole rings is 1. The number of nitriles is 1. The van der Waals surface area contributed by atoms with Gasteiger partial charge >= 0.3 is 20.4 Å². The molecule has 11 rings (SSSR count). The lowest BCUT2D eigenvalue weighted by Gasteiger charge is -2.37. The maximum Gasteiger partial charge on any atom is 0.418 e. The van der Waals surface area contributed by atoms with E-state index in [1.807, 2.05) is 84.9 Å². The number of rotatable bonds is 29. The van der Waals surface area contributed by atoms with Crippen LogP contribution >= 0.6 is 8.60 Å². The molecule has 5 aromatic carbocycles. The summed E-state index contributed by atoms with van der Waals surface area (Å²) in [5.41, 5.74) is -0.0838. The first-order valence-electron chi connectivity index (χ1n) is 30.9. The van der Waals surface area contributed by atoms with E-state index in [-0.39, 0.29) is 86.0 Å². The molecule has 2 unspecified atom stereocenters. The fourth-order valence-electron chi connectivity index (χ4n) is 11.5. The van der Waals surface area contributed by atoms with Gasteiger partial charge in [0, 0.05) is 49.2 Å². The third kappa shape index (κ3) is 15.7. The molecule has 0 spiro atoms. The van der Waals surface area contributed by atoms with E-state index < -0.39 is 108 Å². The Morgan fingerprint density at radius 2 is 1.40 bits per heavy atom. The Kier molecular flexibility index (Phi) is 22.0. The summed E-state index contributed by atoms with van der Waals surface area (Å²) in [6.07, 6.45) is -3.34. The number of sulfone groups is 1. The number of ether oxygens (including phenoxy) is 7. The molecule has 0 bridgehead atoms. The van der Waals surface area contributed by atoms with Gasteiger partial charge in [0.25, 0.3) is 11.1 Å². The molecular weight excluding hydrogens is 1310 g/mol. The molecule has 31 heteroatoms. The minimum Gasteiger partial charge on any atom is -0.497 e. The van der Waals surface area contributed by atoms with Crippen LogP contribution in [0.1, 0.15) is 66.0 Å². The molecular formula is C67H69N10O19PS. The molecule has 6 heterocycles. The minimum absolute atomic E-state index is 0.000661. The van der Waals surface area contributed by atoms with Crippen molar-refractivity contribution in [1.82, 2.24) is 39.0 Å². The lowest BCUT2D eigenvalue weighted by molar-refractivity contribution is -0.120. The number of nitrogens with zero attached hydrogens (tertiary/aromatic N) is 6. The smallest absolute Gasteiger partial charge is 0.418 e.